The van der Waals surface area contributed by atoms with Gasteiger partial charge >= 0.3 is 0 Å². The van der Waals surface area contributed by atoms with Crippen molar-refractivity contribution >= 4 is 11.7 Å². The van der Waals surface area contributed by atoms with Crippen LogP contribution in [0.4, 0.5) is 5.82 Å². The topological polar surface area (TPSA) is 96.9 Å². The number of hydrogen-bond donors (Lipinski definition) is 2. The molecule has 1 fully saturated rings. The van der Waals surface area contributed by atoms with Crippen molar-refractivity contribution in [1.29, 1.82) is 0 Å². The maximum absolute atomic E-state index is 8.81. The first-order valence-electron chi connectivity index (χ1n) is 5.71. The molecule has 0 radical (unpaired) electrons. The molecule has 1 aliphatic heterocycles. The number of nitrogens with zero attached hydrogens (tertiary/aromatic N) is 4. The predicted molar refractivity (Wildman–Crippen MR) is 66.8 cm³/mol. The largest absolute Gasteiger partial charge is 0.409 e. The number of amidine groups is 1. The lowest BCUT2D eigenvalue weighted by Crippen LogP contribution is -2.54. The number of morpholine rings is 1. The first-order chi connectivity index (χ1) is 8.56. The van der Waals surface area contributed by atoms with Crippen LogP contribution in [0.3, 0.4) is 0 Å². The maximum atomic E-state index is 8.81. The van der Waals surface area contributed by atoms with Crippen LogP contribution in [0.5, 0.6) is 0 Å². The summed E-state index contributed by atoms with van der Waals surface area (Å²) >= 11 is 0. The predicted octanol–water partition coefficient (Wildman–Crippen LogP) is 0.186. The summed E-state index contributed by atoms with van der Waals surface area (Å²) in [5.74, 6) is 0.642. The highest BCUT2D eigenvalue weighted by molar-refractivity contribution is 6.01. The Balaban J connectivity index is 2.44. The van der Waals surface area contributed by atoms with Gasteiger partial charge in [0.2, 0.25) is 0 Å². The zero-order chi connectivity index (χ0) is 13.2. The van der Waals surface area contributed by atoms with Gasteiger partial charge in [0.15, 0.2) is 11.7 Å². The van der Waals surface area contributed by atoms with Crippen molar-refractivity contribution in [1.82, 2.24) is 10.2 Å². The minimum atomic E-state index is -0.210. The molecule has 1 aliphatic rings. The fourth-order valence-corrected chi connectivity index (χ4v) is 2.03. The summed E-state index contributed by atoms with van der Waals surface area (Å²) in [6, 6.07) is 1.68. The molecule has 2 rings (SSSR count). The fourth-order valence-electron chi connectivity index (χ4n) is 2.03. The van der Waals surface area contributed by atoms with Crippen LogP contribution in [-0.2, 0) is 4.74 Å². The Hall–Kier alpha value is -1.89. The van der Waals surface area contributed by atoms with E-state index in [4.69, 9.17) is 15.7 Å². The molecule has 2 heterocycles. The third-order valence-corrected chi connectivity index (χ3v) is 2.99. The summed E-state index contributed by atoms with van der Waals surface area (Å²) in [5, 5.41) is 19.8. The lowest BCUT2D eigenvalue weighted by atomic mass is 10.0. The van der Waals surface area contributed by atoms with E-state index < -0.39 is 0 Å². The standard InChI is InChI=1S/C11H17N5O2/c1-11(2)7-18-6-5-16(11)10-8(9(12)15-17)3-4-13-14-10/h3-4,17H,5-7H2,1-2H3,(H2,12,15). The lowest BCUT2D eigenvalue weighted by molar-refractivity contribution is 0.0638. The monoisotopic (exact) mass is 251 g/mol. The Morgan fingerprint density at radius 3 is 3.06 bits per heavy atom. The van der Waals surface area contributed by atoms with Crippen molar-refractivity contribution in [3.05, 3.63) is 17.8 Å². The van der Waals surface area contributed by atoms with Crippen LogP contribution in [0, 0.1) is 0 Å². The van der Waals surface area contributed by atoms with E-state index >= 15 is 0 Å². The van der Waals surface area contributed by atoms with Crippen LogP contribution in [-0.4, -0.2) is 46.5 Å². The first-order valence-corrected chi connectivity index (χ1v) is 5.71. The summed E-state index contributed by atoms with van der Waals surface area (Å²) in [6.45, 7) is 6.01. The Morgan fingerprint density at radius 2 is 2.39 bits per heavy atom. The fraction of sp³-hybridized carbons (Fsp3) is 0.545. The number of ether oxygens (including phenoxy) is 1. The van der Waals surface area contributed by atoms with Gasteiger partial charge in [-0.3, -0.25) is 0 Å². The smallest absolute Gasteiger partial charge is 0.173 e. The molecule has 0 bridgehead atoms. The van der Waals surface area contributed by atoms with E-state index in [0.717, 1.165) is 0 Å². The average molecular weight is 251 g/mol. The van der Waals surface area contributed by atoms with Crippen molar-refractivity contribution in [3.63, 3.8) is 0 Å². The zero-order valence-electron chi connectivity index (χ0n) is 10.5. The van der Waals surface area contributed by atoms with Crippen LogP contribution in [0.1, 0.15) is 19.4 Å². The molecule has 0 aliphatic carbocycles. The molecule has 0 aromatic carbocycles. The summed E-state index contributed by atoms with van der Waals surface area (Å²) in [5.41, 5.74) is 6.03. The Labute approximate surface area is 105 Å². The summed E-state index contributed by atoms with van der Waals surface area (Å²) < 4.78 is 5.46. The number of rotatable bonds is 2. The van der Waals surface area contributed by atoms with E-state index in [1.807, 2.05) is 0 Å². The third kappa shape index (κ3) is 2.21. The molecule has 0 unspecified atom stereocenters. The van der Waals surface area contributed by atoms with Gasteiger partial charge in [0.25, 0.3) is 0 Å². The molecular formula is C11H17N5O2. The van der Waals surface area contributed by atoms with Crippen LogP contribution in [0.15, 0.2) is 17.4 Å². The lowest BCUT2D eigenvalue weighted by Gasteiger charge is -2.43. The molecule has 0 atom stereocenters. The minimum Gasteiger partial charge on any atom is -0.409 e. The van der Waals surface area contributed by atoms with Crippen LogP contribution < -0.4 is 10.6 Å². The van der Waals surface area contributed by atoms with Crippen LogP contribution >= 0.6 is 0 Å². The van der Waals surface area contributed by atoms with E-state index in [2.05, 4.69) is 34.1 Å². The molecule has 3 N–H and O–H groups in total. The zero-order valence-corrected chi connectivity index (χ0v) is 10.5. The Morgan fingerprint density at radius 1 is 1.61 bits per heavy atom. The van der Waals surface area contributed by atoms with Gasteiger partial charge in [-0.15, -0.1) is 5.10 Å². The van der Waals surface area contributed by atoms with Crippen molar-refractivity contribution < 1.29 is 9.94 Å². The average Bonchev–Trinajstić information content (AvgIpc) is 2.37. The summed E-state index contributed by atoms with van der Waals surface area (Å²) in [4.78, 5) is 2.07. The molecule has 18 heavy (non-hydrogen) atoms. The molecular weight excluding hydrogens is 234 g/mol. The normalized spacial score (nSPS) is 19.9. The molecule has 7 heteroatoms. The minimum absolute atomic E-state index is 0.0298. The van der Waals surface area contributed by atoms with Crippen molar-refractivity contribution in [2.75, 3.05) is 24.7 Å². The Kier molecular flexibility index (Phi) is 3.33. The van der Waals surface area contributed by atoms with Crippen molar-refractivity contribution in [2.45, 2.75) is 19.4 Å². The van der Waals surface area contributed by atoms with Gasteiger partial charge in [-0.25, -0.2) is 0 Å². The molecule has 1 aromatic heterocycles. The Bertz CT molecular complexity index is 461. The van der Waals surface area contributed by atoms with Gasteiger partial charge in [-0.05, 0) is 19.9 Å². The molecule has 1 aromatic rings. The van der Waals surface area contributed by atoms with Gasteiger partial charge in [-0.2, -0.15) is 5.10 Å². The van der Waals surface area contributed by atoms with E-state index in [-0.39, 0.29) is 11.4 Å². The second-order valence-electron chi connectivity index (χ2n) is 4.77. The third-order valence-electron chi connectivity index (χ3n) is 2.99. The van der Waals surface area contributed by atoms with E-state index in [1.165, 1.54) is 6.20 Å². The van der Waals surface area contributed by atoms with Gasteiger partial charge in [0.1, 0.15) is 0 Å². The molecule has 98 valence electrons. The first kappa shape index (κ1) is 12.6. The molecule has 1 saturated heterocycles. The SMILES string of the molecule is CC1(C)COCCN1c1nnccc1/C(N)=N/O. The van der Waals surface area contributed by atoms with E-state index in [0.29, 0.717) is 31.1 Å². The van der Waals surface area contributed by atoms with Crippen molar-refractivity contribution in [2.24, 2.45) is 10.9 Å². The maximum Gasteiger partial charge on any atom is 0.173 e. The van der Waals surface area contributed by atoms with Crippen LogP contribution in [0.25, 0.3) is 0 Å². The van der Waals surface area contributed by atoms with E-state index in [1.54, 1.807) is 6.07 Å². The number of oxime groups is 1. The van der Waals surface area contributed by atoms with Gasteiger partial charge in [-0.1, -0.05) is 5.16 Å². The van der Waals surface area contributed by atoms with Crippen LogP contribution in [0.2, 0.25) is 0 Å². The van der Waals surface area contributed by atoms with Gasteiger partial charge in [0, 0.05) is 6.54 Å². The summed E-state index contributed by atoms with van der Waals surface area (Å²) in [6.07, 6.45) is 1.52. The van der Waals surface area contributed by atoms with Gasteiger partial charge in [0.05, 0.1) is 30.5 Å². The second kappa shape index (κ2) is 4.77. The van der Waals surface area contributed by atoms with E-state index in [9.17, 15) is 0 Å². The van der Waals surface area contributed by atoms with Crippen molar-refractivity contribution in [3.8, 4) is 0 Å². The molecule has 0 spiro atoms. The quantitative estimate of drug-likeness (QED) is 0.337. The van der Waals surface area contributed by atoms with Gasteiger partial charge < -0.3 is 20.6 Å². The highest BCUT2D eigenvalue weighted by Crippen LogP contribution is 2.27. The second-order valence-corrected chi connectivity index (χ2v) is 4.77. The molecule has 0 saturated carbocycles. The number of hydrogen-bond acceptors (Lipinski definition) is 6. The number of aromatic nitrogens is 2. The summed E-state index contributed by atoms with van der Waals surface area (Å²) in [7, 11) is 0. The number of nitrogens with two attached hydrogens (primary N) is 1. The molecule has 0 amide bonds. The highest BCUT2D eigenvalue weighted by Gasteiger charge is 2.33. The highest BCUT2D eigenvalue weighted by atomic mass is 16.5. The molecule has 7 nitrogen and oxygen atoms in total. The number of anilines is 1.